The minimum absolute atomic E-state index is 0. The minimum Gasteiger partial charge on any atom is -0.546 e. The predicted molar refractivity (Wildman–Crippen MR) is 112 cm³/mol. The van der Waals surface area contributed by atoms with Gasteiger partial charge in [-0.1, -0.05) is 45.7 Å². The van der Waals surface area contributed by atoms with E-state index in [1.54, 1.807) is 0 Å². The highest BCUT2D eigenvalue weighted by atomic mass is 16.5. The number of carboxylic acids is 1. The molecule has 2 aliphatic carbocycles. The number of ether oxygens (including phenoxy) is 1. The second-order valence-corrected chi connectivity index (χ2v) is 8.58. The highest BCUT2D eigenvalue weighted by molar-refractivity contribution is 5.66. The van der Waals surface area contributed by atoms with Gasteiger partial charge in [0, 0.05) is 0 Å². The fourth-order valence-corrected chi connectivity index (χ4v) is 5.24. The molecule has 0 aliphatic heterocycles. The second-order valence-electron chi connectivity index (χ2n) is 8.58. The Morgan fingerprint density at radius 1 is 1.28 bits per heavy atom. The number of fused-ring (bicyclic) bond motifs is 2. The first-order chi connectivity index (χ1) is 13.5. The smallest absolute Gasteiger partial charge is 0.128 e. The summed E-state index contributed by atoms with van der Waals surface area (Å²) in [6, 6.07) is 5.80. The molecule has 29 heavy (non-hydrogen) atoms. The van der Waals surface area contributed by atoms with Crippen molar-refractivity contribution in [2.45, 2.75) is 84.3 Å². The Bertz CT molecular complexity index is 659. The summed E-state index contributed by atoms with van der Waals surface area (Å²) >= 11 is 0. The van der Waals surface area contributed by atoms with E-state index in [0.717, 1.165) is 63.4 Å². The van der Waals surface area contributed by atoms with Crippen LogP contribution in [0.4, 0.5) is 0 Å². The first-order valence-corrected chi connectivity index (χ1v) is 10.8. The van der Waals surface area contributed by atoms with Crippen LogP contribution in [-0.2, 0) is 17.6 Å². The topological polar surface area (TPSA) is 89.8 Å². The molecule has 0 heterocycles. The molecular weight excluding hydrogens is 368 g/mol. The van der Waals surface area contributed by atoms with Crippen molar-refractivity contribution in [2.24, 2.45) is 17.8 Å². The number of aliphatic hydroxyl groups is 2. The Morgan fingerprint density at radius 3 is 2.79 bits per heavy atom. The molecule has 0 unspecified atom stereocenters. The van der Waals surface area contributed by atoms with E-state index in [9.17, 15) is 20.1 Å². The number of unbranched alkanes of at least 4 members (excludes halogenated alkanes) is 2. The van der Waals surface area contributed by atoms with Crippen LogP contribution < -0.4 is 9.84 Å². The molecule has 0 amide bonds. The molecule has 2 aliphatic rings. The Kier molecular flexibility index (Phi) is 8.97. The highest BCUT2D eigenvalue weighted by Crippen LogP contribution is 2.48. The van der Waals surface area contributed by atoms with Crippen molar-refractivity contribution in [3.05, 3.63) is 29.3 Å². The molecule has 164 valence electrons. The largest absolute Gasteiger partial charge is 0.546 e. The van der Waals surface area contributed by atoms with Gasteiger partial charge in [-0.15, -0.1) is 0 Å². The summed E-state index contributed by atoms with van der Waals surface area (Å²) in [5.41, 5.74) is 2.28. The zero-order chi connectivity index (χ0) is 20.1. The molecular formula is C24H37O5-. The summed E-state index contributed by atoms with van der Waals surface area (Å²) in [6.45, 7) is 1.73. The van der Waals surface area contributed by atoms with Crippen molar-refractivity contribution < 1.29 is 24.9 Å². The van der Waals surface area contributed by atoms with Crippen LogP contribution in [-0.4, -0.2) is 35.0 Å². The van der Waals surface area contributed by atoms with Gasteiger partial charge >= 0.3 is 0 Å². The minimum atomic E-state index is -1.22. The Balaban J connectivity index is 0.00000300. The van der Waals surface area contributed by atoms with Crippen LogP contribution in [0.3, 0.4) is 0 Å². The Morgan fingerprint density at radius 2 is 2.07 bits per heavy atom. The normalized spacial score (nSPS) is 26.2. The predicted octanol–water partition coefficient (Wildman–Crippen LogP) is 2.88. The lowest BCUT2D eigenvalue weighted by atomic mass is 9.73. The van der Waals surface area contributed by atoms with Gasteiger partial charge in [-0.2, -0.15) is 0 Å². The molecule has 0 saturated heterocycles. The van der Waals surface area contributed by atoms with Crippen LogP contribution in [0.15, 0.2) is 18.2 Å². The van der Waals surface area contributed by atoms with Crippen molar-refractivity contribution >= 4 is 5.97 Å². The summed E-state index contributed by atoms with van der Waals surface area (Å²) in [6.07, 6.45) is 7.76. The highest BCUT2D eigenvalue weighted by Gasteiger charge is 2.44. The number of aliphatic hydroxyl groups excluding tert-OH is 2. The van der Waals surface area contributed by atoms with Gasteiger partial charge < -0.3 is 24.9 Å². The number of benzene rings is 1. The number of carboxylic acid groups (broad SMARTS) is 1. The molecule has 0 radical (unpaired) electrons. The van der Waals surface area contributed by atoms with Gasteiger partial charge in [0.15, 0.2) is 0 Å². The van der Waals surface area contributed by atoms with Gasteiger partial charge in [0.1, 0.15) is 12.4 Å². The van der Waals surface area contributed by atoms with E-state index in [0.29, 0.717) is 17.6 Å². The van der Waals surface area contributed by atoms with Crippen molar-refractivity contribution in [1.29, 1.82) is 0 Å². The molecule has 0 spiro atoms. The summed E-state index contributed by atoms with van der Waals surface area (Å²) in [4.78, 5) is 10.7. The van der Waals surface area contributed by atoms with Crippen LogP contribution >= 0.6 is 0 Å². The molecule has 1 fully saturated rings. The fourth-order valence-electron chi connectivity index (χ4n) is 5.24. The summed E-state index contributed by atoms with van der Waals surface area (Å²) in [7, 11) is 0. The lowest BCUT2D eigenvalue weighted by molar-refractivity contribution is -0.307. The number of hydrogen-bond donors (Lipinski definition) is 2. The summed E-state index contributed by atoms with van der Waals surface area (Å²) in [5, 5.41) is 31.7. The Hall–Kier alpha value is -1.59. The number of carbonyl (C=O) groups excluding carboxylic acids is 1. The molecule has 5 atom stereocenters. The lowest BCUT2D eigenvalue weighted by Crippen LogP contribution is -2.30. The SMILES string of the molecule is C.CCCCC[C@H](O)CC[C@@H]1[C@H]2Cc3cccc(OCC(=O)[O-])c3C[C@H]2C[C@H]1O. The quantitative estimate of drug-likeness (QED) is 0.584. The van der Waals surface area contributed by atoms with Crippen LogP contribution in [0, 0.1) is 17.8 Å². The molecule has 5 heteroatoms. The molecule has 3 rings (SSSR count). The van der Waals surface area contributed by atoms with Gasteiger partial charge in [0.2, 0.25) is 0 Å². The molecule has 1 aromatic carbocycles. The number of aliphatic carboxylic acids is 1. The van der Waals surface area contributed by atoms with Crippen molar-refractivity contribution in [3.8, 4) is 5.75 Å². The third-order valence-electron chi connectivity index (χ3n) is 6.67. The third kappa shape index (κ3) is 5.95. The molecule has 2 N–H and O–H groups in total. The van der Waals surface area contributed by atoms with Gasteiger partial charge in [0.05, 0.1) is 18.2 Å². The van der Waals surface area contributed by atoms with Gasteiger partial charge in [-0.25, -0.2) is 0 Å². The van der Waals surface area contributed by atoms with E-state index >= 15 is 0 Å². The zero-order valence-corrected chi connectivity index (χ0v) is 16.8. The van der Waals surface area contributed by atoms with E-state index in [2.05, 4.69) is 13.0 Å². The van der Waals surface area contributed by atoms with Gasteiger partial charge in [-0.05, 0) is 73.5 Å². The van der Waals surface area contributed by atoms with E-state index in [4.69, 9.17) is 4.74 Å². The van der Waals surface area contributed by atoms with Crippen molar-refractivity contribution in [1.82, 2.24) is 0 Å². The van der Waals surface area contributed by atoms with Crippen LogP contribution in [0.1, 0.15) is 70.4 Å². The number of hydrogen-bond acceptors (Lipinski definition) is 5. The lowest BCUT2D eigenvalue weighted by Gasteiger charge is -2.32. The van der Waals surface area contributed by atoms with E-state index < -0.39 is 12.6 Å². The molecule has 0 aromatic heterocycles. The molecule has 0 bridgehead atoms. The van der Waals surface area contributed by atoms with E-state index in [1.807, 2.05) is 12.1 Å². The molecule has 5 nitrogen and oxygen atoms in total. The Labute approximate surface area is 175 Å². The van der Waals surface area contributed by atoms with Crippen LogP contribution in [0.25, 0.3) is 0 Å². The maximum atomic E-state index is 10.7. The average molecular weight is 406 g/mol. The fraction of sp³-hybridized carbons (Fsp3) is 0.708. The maximum Gasteiger partial charge on any atom is 0.128 e. The second kappa shape index (κ2) is 11.0. The standard InChI is InChI=1S/C23H34O5.CH4/c1-2-3-4-7-17(24)9-10-18-19-11-15-6-5-8-22(28-14-23(26)27)20(15)12-16(19)13-21(18)25;/h5-6,8,16-19,21,24-25H,2-4,7,9-14H2,1H3,(H,26,27);1H4/p-1/t16-,17-,18+,19-,21+;/m0./s1. The summed E-state index contributed by atoms with van der Waals surface area (Å²) in [5.74, 6) is 0.440. The third-order valence-corrected chi connectivity index (χ3v) is 6.67. The average Bonchev–Trinajstić information content (AvgIpc) is 2.97. The molecule has 1 aromatic rings. The van der Waals surface area contributed by atoms with Crippen molar-refractivity contribution in [2.75, 3.05) is 6.61 Å². The monoisotopic (exact) mass is 405 g/mol. The van der Waals surface area contributed by atoms with Gasteiger partial charge in [-0.3, -0.25) is 0 Å². The number of carbonyl (C=O) groups is 1. The van der Waals surface area contributed by atoms with Crippen molar-refractivity contribution in [3.63, 3.8) is 0 Å². The first-order valence-electron chi connectivity index (χ1n) is 10.8. The molecule has 1 saturated carbocycles. The van der Waals surface area contributed by atoms with E-state index in [-0.39, 0.29) is 25.6 Å². The first kappa shape index (κ1) is 23.7. The van der Waals surface area contributed by atoms with Gasteiger partial charge in [0.25, 0.3) is 0 Å². The van der Waals surface area contributed by atoms with Crippen LogP contribution in [0.5, 0.6) is 5.75 Å². The van der Waals surface area contributed by atoms with Crippen LogP contribution in [0.2, 0.25) is 0 Å². The zero-order valence-electron chi connectivity index (χ0n) is 16.8. The number of rotatable bonds is 10. The summed E-state index contributed by atoms with van der Waals surface area (Å²) < 4.78 is 5.44. The maximum absolute atomic E-state index is 10.7. The van der Waals surface area contributed by atoms with E-state index in [1.165, 1.54) is 5.56 Å².